The zero-order valence-corrected chi connectivity index (χ0v) is 13.4. The summed E-state index contributed by atoms with van der Waals surface area (Å²) in [6.07, 6.45) is 2.87. The fourth-order valence-corrected chi connectivity index (χ4v) is 3.62. The molecule has 3 rings (SSSR count). The van der Waals surface area contributed by atoms with Crippen molar-refractivity contribution in [2.75, 3.05) is 13.1 Å². The molecule has 0 amide bonds. The second-order valence-corrected chi connectivity index (χ2v) is 7.31. The van der Waals surface area contributed by atoms with Gasteiger partial charge in [0.1, 0.15) is 5.01 Å². The minimum absolute atomic E-state index is 0.179. The number of likely N-dealkylation sites (tertiary alicyclic amines) is 1. The molecule has 2 aromatic heterocycles. The van der Waals surface area contributed by atoms with Gasteiger partial charge in [-0.3, -0.25) is 9.88 Å². The Kier molecular flexibility index (Phi) is 4.06. The van der Waals surface area contributed by atoms with Gasteiger partial charge in [-0.05, 0) is 24.0 Å². The molecule has 4 nitrogen and oxygen atoms in total. The second-order valence-electron chi connectivity index (χ2n) is 6.45. The maximum atomic E-state index is 6.20. The number of aromatic nitrogens is 2. The molecule has 0 spiro atoms. The predicted molar refractivity (Wildman–Crippen MR) is 87.0 cm³/mol. The van der Waals surface area contributed by atoms with Crippen LogP contribution in [0.2, 0.25) is 0 Å². The molecule has 1 aliphatic heterocycles. The van der Waals surface area contributed by atoms with Gasteiger partial charge in [-0.2, -0.15) is 0 Å². The van der Waals surface area contributed by atoms with Gasteiger partial charge in [-0.1, -0.05) is 19.9 Å². The molecule has 0 radical (unpaired) electrons. The quantitative estimate of drug-likeness (QED) is 0.947. The van der Waals surface area contributed by atoms with Gasteiger partial charge in [0.15, 0.2) is 0 Å². The molecule has 1 saturated heterocycles. The van der Waals surface area contributed by atoms with Gasteiger partial charge in [0, 0.05) is 37.3 Å². The van der Waals surface area contributed by atoms with Crippen molar-refractivity contribution in [3.05, 3.63) is 35.5 Å². The Balaban J connectivity index is 1.68. The molecular formula is C16H22N4S. The average Bonchev–Trinajstić information content (AvgIpc) is 2.92. The van der Waals surface area contributed by atoms with Gasteiger partial charge < -0.3 is 5.73 Å². The van der Waals surface area contributed by atoms with Crippen LogP contribution in [0, 0.1) is 5.41 Å². The monoisotopic (exact) mass is 302 g/mol. The van der Waals surface area contributed by atoms with Gasteiger partial charge in [0.25, 0.3) is 0 Å². The first kappa shape index (κ1) is 14.6. The van der Waals surface area contributed by atoms with Crippen molar-refractivity contribution < 1.29 is 0 Å². The van der Waals surface area contributed by atoms with E-state index in [2.05, 4.69) is 29.1 Å². The third-order valence-electron chi connectivity index (χ3n) is 4.21. The van der Waals surface area contributed by atoms with Gasteiger partial charge in [-0.25, -0.2) is 4.98 Å². The number of hydrogen-bond donors (Lipinski definition) is 1. The Hall–Kier alpha value is -1.30. The van der Waals surface area contributed by atoms with Crippen LogP contribution in [0.15, 0.2) is 29.8 Å². The molecule has 1 atom stereocenters. The summed E-state index contributed by atoms with van der Waals surface area (Å²) in [5.41, 5.74) is 8.46. The van der Waals surface area contributed by atoms with Gasteiger partial charge in [-0.15, -0.1) is 11.3 Å². The largest absolute Gasteiger partial charge is 0.327 e. The third kappa shape index (κ3) is 3.31. The molecule has 2 aromatic rings. The van der Waals surface area contributed by atoms with E-state index in [-0.39, 0.29) is 5.41 Å². The second kappa shape index (κ2) is 5.83. The molecule has 0 bridgehead atoms. The van der Waals surface area contributed by atoms with Gasteiger partial charge in [0.2, 0.25) is 0 Å². The normalized spacial score (nSPS) is 22.3. The summed E-state index contributed by atoms with van der Waals surface area (Å²) in [5, 5.41) is 3.14. The fourth-order valence-electron chi connectivity index (χ4n) is 2.84. The number of pyridine rings is 1. The van der Waals surface area contributed by atoms with Crippen molar-refractivity contribution in [2.24, 2.45) is 11.1 Å². The smallest absolute Gasteiger partial charge is 0.142 e. The topological polar surface area (TPSA) is 55.0 Å². The van der Waals surface area contributed by atoms with Crippen molar-refractivity contribution in [3.8, 4) is 10.7 Å². The maximum absolute atomic E-state index is 6.20. The lowest BCUT2D eigenvalue weighted by atomic mass is 9.80. The molecule has 2 N–H and O–H groups in total. The average molecular weight is 302 g/mol. The summed E-state index contributed by atoms with van der Waals surface area (Å²) < 4.78 is 0. The summed E-state index contributed by atoms with van der Waals surface area (Å²) in [5.74, 6) is 0. The number of piperidine rings is 1. The Morgan fingerprint density at radius 2 is 2.29 bits per heavy atom. The molecule has 21 heavy (non-hydrogen) atoms. The van der Waals surface area contributed by atoms with Gasteiger partial charge >= 0.3 is 0 Å². The van der Waals surface area contributed by atoms with E-state index in [1.165, 1.54) is 0 Å². The van der Waals surface area contributed by atoms with E-state index in [0.717, 1.165) is 42.5 Å². The highest BCUT2D eigenvalue weighted by atomic mass is 32.1. The van der Waals surface area contributed by atoms with Crippen molar-refractivity contribution in [2.45, 2.75) is 32.9 Å². The maximum Gasteiger partial charge on any atom is 0.142 e. The molecule has 3 heterocycles. The summed E-state index contributed by atoms with van der Waals surface area (Å²) >= 11 is 1.67. The molecule has 0 aliphatic carbocycles. The Morgan fingerprint density at radius 3 is 3.00 bits per heavy atom. The number of nitrogens with two attached hydrogens (primary N) is 1. The van der Waals surface area contributed by atoms with Crippen LogP contribution < -0.4 is 5.73 Å². The van der Waals surface area contributed by atoms with Crippen LogP contribution in [0.5, 0.6) is 0 Å². The fraction of sp³-hybridized carbons (Fsp3) is 0.500. The zero-order chi connectivity index (χ0) is 14.9. The van der Waals surface area contributed by atoms with Crippen LogP contribution >= 0.6 is 11.3 Å². The predicted octanol–water partition coefficient (Wildman–Crippen LogP) is 2.76. The van der Waals surface area contributed by atoms with E-state index in [0.29, 0.717) is 6.04 Å². The lowest BCUT2D eigenvalue weighted by molar-refractivity contribution is 0.0891. The van der Waals surface area contributed by atoms with Crippen LogP contribution in [0.25, 0.3) is 10.7 Å². The van der Waals surface area contributed by atoms with E-state index < -0.39 is 0 Å². The van der Waals surface area contributed by atoms with Crippen LogP contribution in [0.4, 0.5) is 0 Å². The van der Waals surface area contributed by atoms with Crippen molar-refractivity contribution in [3.63, 3.8) is 0 Å². The highest BCUT2D eigenvalue weighted by molar-refractivity contribution is 7.13. The van der Waals surface area contributed by atoms with Crippen molar-refractivity contribution in [1.29, 1.82) is 0 Å². The molecule has 1 aliphatic rings. The SMILES string of the molecule is CC1(C)CN(Cc2csc(-c3ccccn3)n2)CCC1N. The molecule has 0 saturated carbocycles. The first-order valence-corrected chi connectivity index (χ1v) is 8.26. The Bertz CT molecular complexity index is 593. The first-order chi connectivity index (χ1) is 10.0. The van der Waals surface area contributed by atoms with Crippen LogP contribution in [0.1, 0.15) is 26.0 Å². The molecule has 112 valence electrons. The van der Waals surface area contributed by atoms with Crippen molar-refractivity contribution >= 4 is 11.3 Å². The van der Waals surface area contributed by atoms with E-state index in [1.807, 2.05) is 24.4 Å². The Morgan fingerprint density at radius 1 is 1.43 bits per heavy atom. The van der Waals surface area contributed by atoms with E-state index in [9.17, 15) is 0 Å². The minimum Gasteiger partial charge on any atom is -0.327 e. The highest BCUT2D eigenvalue weighted by Gasteiger charge is 2.33. The van der Waals surface area contributed by atoms with E-state index >= 15 is 0 Å². The van der Waals surface area contributed by atoms with Crippen LogP contribution in [-0.2, 0) is 6.54 Å². The van der Waals surface area contributed by atoms with Crippen molar-refractivity contribution in [1.82, 2.24) is 14.9 Å². The summed E-state index contributed by atoms with van der Waals surface area (Å²) in [6, 6.07) is 6.23. The number of nitrogens with zero attached hydrogens (tertiary/aromatic N) is 3. The lowest BCUT2D eigenvalue weighted by Gasteiger charge is -2.42. The molecule has 5 heteroatoms. The molecule has 0 aromatic carbocycles. The molecule has 1 fully saturated rings. The van der Waals surface area contributed by atoms with Crippen LogP contribution in [-0.4, -0.2) is 34.0 Å². The van der Waals surface area contributed by atoms with Gasteiger partial charge in [0.05, 0.1) is 11.4 Å². The van der Waals surface area contributed by atoms with E-state index in [1.54, 1.807) is 11.3 Å². The minimum atomic E-state index is 0.179. The van der Waals surface area contributed by atoms with E-state index in [4.69, 9.17) is 10.7 Å². The third-order valence-corrected chi connectivity index (χ3v) is 5.13. The zero-order valence-electron chi connectivity index (χ0n) is 12.6. The summed E-state index contributed by atoms with van der Waals surface area (Å²) in [6.45, 7) is 7.50. The summed E-state index contributed by atoms with van der Waals surface area (Å²) in [4.78, 5) is 11.5. The Labute approximate surface area is 130 Å². The first-order valence-electron chi connectivity index (χ1n) is 7.38. The number of hydrogen-bond acceptors (Lipinski definition) is 5. The number of thiazole rings is 1. The highest BCUT2D eigenvalue weighted by Crippen LogP contribution is 2.29. The summed E-state index contributed by atoms with van der Waals surface area (Å²) in [7, 11) is 0. The lowest BCUT2D eigenvalue weighted by Crippen LogP contribution is -2.52. The van der Waals surface area contributed by atoms with Crippen LogP contribution in [0.3, 0.4) is 0 Å². The standard InChI is InChI=1S/C16H22N4S/c1-16(2)11-20(8-6-14(16)17)9-12-10-21-15(19-12)13-5-3-4-7-18-13/h3-5,7,10,14H,6,8-9,11,17H2,1-2H3. The number of rotatable bonds is 3. The molecular weight excluding hydrogens is 280 g/mol. The molecule has 1 unspecified atom stereocenters.